The molecule has 1 aromatic rings. The Bertz CT molecular complexity index is 450. The number of amides is 1. The predicted molar refractivity (Wildman–Crippen MR) is 83.6 cm³/mol. The van der Waals surface area contributed by atoms with Gasteiger partial charge in [0, 0.05) is 16.2 Å². The second-order valence-corrected chi connectivity index (χ2v) is 6.31. The van der Waals surface area contributed by atoms with Gasteiger partial charge in [0.2, 0.25) is 5.91 Å². The van der Waals surface area contributed by atoms with E-state index >= 15 is 0 Å². The van der Waals surface area contributed by atoms with Gasteiger partial charge in [-0.15, -0.1) is 0 Å². The zero-order chi connectivity index (χ0) is 14.5. The summed E-state index contributed by atoms with van der Waals surface area (Å²) in [6.45, 7) is 3.47. The van der Waals surface area contributed by atoms with E-state index in [4.69, 9.17) is 0 Å². The van der Waals surface area contributed by atoms with Gasteiger partial charge in [-0.1, -0.05) is 22.9 Å². The van der Waals surface area contributed by atoms with Crippen molar-refractivity contribution in [3.8, 4) is 0 Å². The van der Waals surface area contributed by atoms with Gasteiger partial charge in [-0.2, -0.15) is 0 Å². The minimum atomic E-state index is -0.0279. The molecule has 1 fully saturated rings. The summed E-state index contributed by atoms with van der Waals surface area (Å²) in [4.78, 5) is 14.2. The average molecular weight is 341 g/mol. The van der Waals surface area contributed by atoms with E-state index in [9.17, 15) is 9.90 Å². The Kier molecular flexibility index (Phi) is 5.57. The van der Waals surface area contributed by atoms with E-state index < -0.39 is 0 Å². The second kappa shape index (κ2) is 7.20. The highest BCUT2D eigenvalue weighted by Crippen LogP contribution is 2.22. The number of likely N-dealkylation sites (tertiary alicyclic amines) is 1. The van der Waals surface area contributed by atoms with Crippen LogP contribution >= 0.6 is 15.9 Å². The third-order valence-corrected chi connectivity index (χ3v) is 4.42. The van der Waals surface area contributed by atoms with Crippen LogP contribution in [0.4, 0.5) is 5.69 Å². The van der Waals surface area contributed by atoms with Crippen LogP contribution in [0.15, 0.2) is 28.7 Å². The van der Waals surface area contributed by atoms with Crippen molar-refractivity contribution in [2.24, 2.45) is 5.92 Å². The Morgan fingerprint density at radius 1 is 1.45 bits per heavy atom. The van der Waals surface area contributed by atoms with Crippen LogP contribution in [0.1, 0.15) is 19.8 Å². The van der Waals surface area contributed by atoms with Gasteiger partial charge < -0.3 is 10.4 Å². The highest BCUT2D eigenvalue weighted by molar-refractivity contribution is 9.10. The van der Waals surface area contributed by atoms with E-state index in [0.29, 0.717) is 12.5 Å². The van der Waals surface area contributed by atoms with Crippen LogP contribution in [0, 0.1) is 5.92 Å². The molecule has 1 heterocycles. The van der Waals surface area contributed by atoms with Gasteiger partial charge in [0.1, 0.15) is 0 Å². The lowest BCUT2D eigenvalue weighted by atomic mass is 9.91. The Labute approximate surface area is 128 Å². The number of nitrogens with one attached hydrogen (secondary N) is 1. The van der Waals surface area contributed by atoms with Crippen molar-refractivity contribution in [1.29, 1.82) is 0 Å². The molecule has 0 aliphatic carbocycles. The van der Waals surface area contributed by atoms with E-state index in [-0.39, 0.29) is 18.6 Å². The van der Waals surface area contributed by atoms with Crippen LogP contribution in [0.5, 0.6) is 0 Å². The van der Waals surface area contributed by atoms with Gasteiger partial charge in [0.15, 0.2) is 0 Å². The smallest absolute Gasteiger partial charge is 0.238 e. The third kappa shape index (κ3) is 4.04. The Hall–Kier alpha value is -0.910. The molecule has 110 valence electrons. The van der Waals surface area contributed by atoms with Gasteiger partial charge in [0.25, 0.3) is 0 Å². The van der Waals surface area contributed by atoms with Crippen molar-refractivity contribution in [3.05, 3.63) is 28.7 Å². The lowest BCUT2D eigenvalue weighted by Gasteiger charge is -2.38. The normalized spacial score (nSPS) is 23.6. The molecule has 2 atom stereocenters. The zero-order valence-electron chi connectivity index (χ0n) is 11.7. The Morgan fingerprint density at radius 3 is 2.80 bits per heavy atom. The molecule has 5 heteroatoms. The van der Waals surface area contributed by atoms with E-state index in [0.717, 1.165) is 29.5 Å². The SMILES string of the molecule is CC1CCCN(CC(=O)Nc2ccc(Br)cc2)C1CO. The van der Waals surface area contributed by atoms with Gasteiger partial charge in [-0.25, -0.2) is 0 Å². The fraction of sp³-hybridized carbons (Fsp3) is 0.533. The molecule has 1 saturated heterocycles. The minimum Gasteiger partial charge on any atom is -0.395 e. The fourth-order valence-electron chi connectivity index (χ4n) is 2.74. The first kappa shape index (κ1) is 15.5. The number of benzene rings is 1. The summed E-state index contributed by atoms with van der Waals surface area (Å²) >= 11 is 3.37. The number of hydrogen-bond donors (Lipinski definition) is 2. The summed E-state index contributed by atoms with van der Waals surface area (Å²) in [7, 11) is 0. The van der Waals surface area contributed by atoms with E-state index in [1.165, 1.54) is 0 Å². The van der Waals surface area contributed by atoms with Crippen LogP contribution in [0.3, 0.4) is 0 Å². The molecule has 1 amide bonds. The van der Waals surface area contributed by atoms with Crippen LogP contribution in [0.25, 0.3) is 0 Å². The molecule has 2 rings (SSSR count). The molecular formula is C15H21BrN2O2. The number of carbonyl (C=O) groups is 1. The van der Waals surface area contributed by atoms with Gasteiger partial charge >= 0.3 is 0 Å². The molecule has 1 aliphatic heterocycles. The monoisotopic (exact) mass is 340 g/mol. The summed E-state index contributed by atoms with van der Waals surface area (Å²) in [5, 5.41) is 12.4. The highest BCUT2D eigenvalue weighted by Gasteiger charge is 2.28. The number of piperidine rings is 1. The van der Waals surface area contributed by atoms with Crippen LogP contribution in [-0.4, -0.2) is 41.7 Å². The first-order valence-electron chi connectivity index (χ1n) is 7.00. The molecular weight excluding hydrogens is 320 g/mol. The predicted octanol–water partition coefficient (Wildman–Crippen LogP) is 2.48. The molecule has 0 spiro atoms. The average Bonchev–Trinajstić information content (AvgIpc) is 2.42. The van der Waals surface area contributed by atoms with E-state index in [2.05, 4.69) is 33.1 Å². The quantitative estimate of drug-likeness (QED) is 0.885. The summed E-state index contributed by atoms with van der Waals surface area (Å²) in [5.74, 6) is 0.411. The summed E-state index contributed by atoms with van der Waals surface area (Å²) in [5.41, 5.74) is 0.795. The second-order valence-electron chi connectivity index (χ2n) is 5.39. The first-order valence-corrected chi connectivity index (χ1v) is 7.80. The standard InChI is InChI=1S/C15H21BrN2O2/c1-11-3-2-8-18(14(11)10-19)9-15(20)17-13-6-4-12(16)5-7-13/h4-7,11,14,19H,2-3,8-10H2,1H3,(H,17,20). The summed E-state index contributed by atoms with van der Waals surface area (Å²) in [6, 6.07) is 7.62. The van der Waals surface area contributed by atoms with E-state index in [1.54, 1.807) is 0 Å². The Morgan fingerprint density at radius 2 is 2.15 bits per heavy atom. The van der Waals surface area contributed by atoms with Crippen molar-refractivity contribution in [2.45, 2.75) is 25.8 Å². The number of anilines is 1. The number of carbonyl (C=O) groups excluding carboxylic acids is 1. The lowest BCUT2D eigenvalue weighted by Crippen LogP contribution is -2.49. The fourth-order valence-corrected chi connectivity index (χ4v) is 3.01. The largest absolute Gasteiger partial charge is 0.395 e. The molecule has 4 nitrogen and oxygen atoms in total. The number of rotatable bonds is 4. The third-order valence-electron chi connectivity index (χ3n) is 3.89. The van der Waals surface area contributed by atoms with Crippen LogP contribution < -0.4 is 5.32 Å². The number of aliphatic hydroxyl groups is 1. The highest BCUT2D eigenvalue weighted by atomic mass is 79.9. The van der Waals surface area contributed by atoms with Crippen molar-refractivity contribution in [2.75, 3.05) is 25.0 Å². The number of hydrogen-bond acceptors (Lipinski definition) is 3. The molecule has 0 bridgehead atoms. The van der Waals surface area contributed by atoms with Crippen molar-refractivity contribution in [3.63, 3.8) is 0 Å². The molecule has 1 aromatic carbocycles. The molecule has 2 unspecified atom stereocenters. The molecule has 1 aliphatic rings. The van der Waals surface area contributed by atoms with Crippen molar-refractivity contribution >= 4 is 27.5 Å². The lowest BCUT2D eigenvalue weighted by molar-refractivity contribution is -0.118. The van der Waals surface area contributed by atoms with Gasteiger partial charge in [0.05, 0.1) is 13.2 Å². The molecule has 0 aromatic heterocycles. The molecule has 20 heavy (non-hydrogen) atoms. The first-order chi connectivity index (χ1) is 9.60. The number of halogens is 1. The van der Waals surface area contributed by atoms with Crippen molar-refractivity contribution in [1.82, 2.24) is 4.90 Å². The van der Waals surface area contributed by atoms with Crippen LogP contribution in [0.2, 0.25) is 0 Å². The minimum absolute atomic E-state index is 0.0279. The summed E-state index contributed by atoms with van der Waals surface area (Å²) < 4.78 is 0.987. The van der Waals surface area contributed by atoms with E-state index in [1.807, 2.05) is 24.3 Å². The molecule has 0 saturated carbocycles. The number of nitrogens with zero attached hydrogens (tertiary/aromatic N) is 1. The number of aliphatic hydroxyl groups excluding tert-OH is 1. The maximum atomic E-state index is 12.1. The maximum absolute atomic E-state index is 12.1. The maximum Gasteiger partial charge on any atom is 0.238 e. The molecule has 0 radical (unpaired) electrons. The van der Waals surface area contributed by atoms with Crippen LogP contribution in [-0.2, 0) is 4.79 Å². The zero-order valence-corrected chi connectivity index (χ0v) is 13.3. The summed E-state index contributed by atoms with van der Waals surface area (Å²) in [6.07, 6.45) is 2.21. The molecule has 2 N–H and O–H groups in total. The topological polar surface area (TPSA) is 52.6 Å². The Balaban J connectivity index is 1.91. The van der Waals surface area contributed by atoms with Gasteiger partial charge in [-0.3, -0.25) is 9.69 Å². The van der Waals surface area contributed by atoms with Crippen molar-refractivity contribution < 1.29 is 9.90 Å². The van der Waals surface area contributed by atoms with Gasteiger partial charge in [-0.05, 0) is 49.6 Å².